The van der Waals surface area contributed by atoms with Gasteiger partial charge in [-0.3, -0.25) is 0 Å². The molecule has 0 aromatic carbocycles. The van der Waals surface area contributed by atoms with Crippen molar-refractivity contribution in [3.05, 3.63) is 40.2 Å². The number of nitrogens with one attached hydrogen (secondary N) is 1. The standard InChI is InChI=1S/C14H17N3O2S/c1-8(2)12(11-4-3-5-20-11)17-13-10(15)6-9(7-16-13)14(18)19/h3-8,12H,15H2,1-2H3,(H,16,17)(H,18,19). The molecule has 0 saturated heterocycles. The molecule has 2 aromatic rings. The fraction of sp³-hybridized carbons (Fsp3) is 0.286. The smallest absolute Gasteiger partial charge is 0.337 e. The minimum Gasteiger partial charge on any atom is -0.478 e. The number of hydrogen-bond acceptors (Lipinski definition) is 5. The number of rotatable bonds is 5. The minimum absolute atomic E-state index is 0.0882. The maximum Gasteiger partial charge on any atom is 0.337 e. The third-order valence-corrected chi connectivity index (χ3v) is 3.93. The van der Waals surface area contributed by atoms with E-state index in [4.69, 9.17) is 10.8 Å². The van der Waals surface area contributed by atoms with Crippen LogP contribution in [0.2, 0.25) is 0 Å². The molecule has 6 heteroatoms. The third-order valence-electron chi connectivity index (χ3n) is 2.97. The molecule has 1 atom stereocenters. The number of carboxylic acid groups (broad SMARTS) is 1. The molecule has 0 fully saturated rings. The highest BCUT2D eigenvalue weighted by Crippen LogP contribution is 2.31. The van der Waals surface area contributed by atoms with E-state index in [1.54, 1.807) is 11.3 Å². The first-order valence-corrected chi connectivity index (χ1v) is 7.15. The molecule has 0 saturated carbocycles. The first-order chi connectivity index (χ1) is 9.49. The zero-order valence-electron chi connectivity index (χ0n) is 11.3. The van der Waals surface area contributed by atoms with Crippen molar-refractivity contribution in [1.82, 2.24) is 4.98 Å². The van der Waals surface area contributed by atoms with Gasteiger partial charge in [-0.25, -0.2) is 9.78 Å². The number of nitrogens with two attached hydrogens (primary N) is 1. The summed E-state index contributed by atoms with van der Waals surface area (Å²) in [4.78, 5) is 16.2. The summed E-state index contributed by atoms with van der Waals surface area (Å²) in [5.41, 5.74) is 6.30. The van der Waals surface area contributed by atoms with E-state index in [1.807, 2.05) is 11.4 Å². The van der Waals surface area contributed by atoms with Gasteiger partial charge in [-0.2, -0.15) is 0 Å². The molecule has 4 N–H and O–H groups in total. The normalized spacial score (nSPS) is 12.3. The number of carbonyl (C=O) groups is 1. The Kier molecular flexibility index (Phi) is 4.24. The predicted octanol–water partition coefficient (Wildman–Crippen LogP) is 3.23. The highest BCUT2D eigenvalue weighted by Gasteiger charge is 2.18. The van der Waals surface area contributed by atoms with Crippen molar-refractivity contribution in [2.45, 2.75) is 19.9 Å². The number of nitrogens with zero attached hydrogens (tertiary/aromatic N) is 1. The van der Waals surface area contributed by atoms with Crippen LogP contribution < -0.4 is 11.1 Å². The van der Waals surface area contributed by atoms with Crippen molar-refractivity contribution < 1.29 is 9.90 Å². The lowest BCUT2D eigenvalue weighted by molar-refractivity contribution is 0.0696. The molecule has 0 bridgehead atoms. The van der Waals surface area contributed by atoms with Gasteiger partial charge in [-0.15, -0.1) is 11.3 Å². The second-order valence-electron chi connectivity index (χ2n) is 4.85. The molecule has 2 heterocycles. The Labute approximate surface area is 121 Å². The molecule has 5 nitrogen and oxygen atoms in total. The molecule has 1 unspecified atom stereocenters. The molecule has 106 valence electrons. The largest absolute Gasteiger partial charge is 0.478 e. The second kappa shape index (κ2) is 5.92. The molecule has 0 aliphatic rings. The van der Waals surface area contributed by atoms with Gasteiger partial charge >= 0.3 is 5.97 Å². The van der Waals surface area contributed by atoms with Crippen molar-refractivity contribution >= 4 is 28.8 Å². The van der Waals surface area contributed by atoms with E-state index in [0.717, 1.165) is 0 Å². The van der Waals surface area contributed by atoms with Crippen LogP contribution in [0.1, 0.15) is 35.1 Å². The zero-order chi connectivity index (χ0) is 14.7. The molecule has 0 amide bonds. The maximum atomic E-state index is 10.9. The summed E-state index contributed by atoms with van der Waals surface area (Å²) in [7, 11) is 0. The lowest BCUT2D eigenvalue weighted by atomic mass is 10.0. The Morgan fingerprint density at radius 2 is 2.25 bits per heavy atom. The van der Waals surface area contributed by atoms with Gasteiger partial charge in [0.2, 0.25) is 0 Å². The van der Waals surface area contributed by atoms with Crippen LogP contribution in [0.3, 0.4) is 0 Å². The zero-order valence-corrected chi connectivity index (χ0v) is 12.1. The number of nitrogen functional groups attached to an aromatic ring is 1. The van der Waals surface area contributed by atoms with Gasteiger partial charge in [-0.05, 0) is 23.4 Å². The van der Waals surface area contributed by atoms with E-state index in [9.17, 15) is 4.79 Å². The minimum atomic E-state index is -1.03. The third kappa shape index (κ3) is 3.08. The summed E-state index contributed by atoms with van der Waals surface area (Å²) in [5.74, 6) is -0.162. The van der Waals surface area contributed by atoms with Crippen LogP contribution in [0.4, 0.5) is 11.5 Å². The van der Waals surface area contributed by atoms with E-state index < -0.39 is 5.97 Å². The molecular weight excluding hydrogens is 274 g/mol. The maximum absolute atomic E-state index is 10.9. The lowest BCUT2D eigenvalue weighted by Crippen LogP contribution is -2.17. The van der Waals surface area contributed by atoms with Gasteiger partial charge in [-0.1, -0.05) is 19.9 Å². The van der Waals surface area contributed by atoms with Crippen molar-refractivity contribution in [2.75, 3.05) is 11.1 Å². The molecule has 0 spiro atoms. The van der Waals surface area contributed by atoms with Gasteiger partial charge in [0, 0.05) is 11.1 Å². The average molecular weight is 291 g/mol. The number of aromatic carboxylic acids is 1. The van der Waals surface area contributed by atoms with E-state index >= 15 is 0 Å². The van der Waals surface area contributed by atoms with Crippen LogP contribution in [0.25, 0.3) is 0 Å². The summed E-state index contributed by atoms with van der Waals surface area (Å²) < 4.78 is 0. The molecule has 0 aliphatic carbocycles. The van der Waals surface area contributed by atoms with Crippen LogP contribution in [0.15, 0.2) is 29.8 Å². The topological polar surface area (TPSA) is 88.2 Å². The van der Waals surface area contributed by atoms with Crippen LogP contribution in [-0.2, 0) is 0 Å². The fourth-order valence-electron chi connectivity index (χ4n) is 1.90. The Bertz CT molecular complexity index is 596. The Morgan fingerprint density at radius 3 is 2.75 bits per heavy atom. The summed E-state index contributed by atoms with van der Waals surface area (Å²) in [6, 6.07) is 5.58. The summed E-state index contributed by atoms with van der Waals surface area (Å²) in [5, 5.41) is 14.2. The first kappa shape index (κ1) is 14.3. The van der Waals surface area contributed by atoms with E-state index in [-0.39, 0.29) is 11.6 Å². The quantitative estimate of drug-likeness (QED) is 0.787. The molecular formula is C14H17N3O2S. The number of thiophene rings is 1. The average Bonchev–Trinajstić information content (AvgIpc) is 2.90. The molecule has 2 aromatic heterocycles. The van der Waals surface area contributed by atoms with E-state index in [2.05, 4.69) is 30.2 Å². The van der Waals surface area contributed by atoms with Crippen molar-refractivity contribution in [3.8, 4) is 0 Å². The van der Waals surface area contributed by atoms with Crippen LogP contribution >= 0.6 is 11.3 Å². The Morgan fingerprint density at radius 1 is 1.50 bits per heavy atom. The number of hydrogen-bond donors (Lipinski definition) is 3. The van der Waals surface area contributed by atoms with Gasteiger partial charge in [0.1, 0.15) is 5.82 Å². The van der Waals surface area contributed by atoms with Crippen molar-refractivity contribution in [3.63, 3.8) is 0 Å². The number of pyridine rings is 1. The van der Waals surface area contributed by atoms with Crippen molar-refractivity contribution in [1.29, 1.82) is 0 Å². The highest BCUT2D eigenvalue weighted by molar-refractivity contribution is 7.10. The van der Waals surface area contributed by atoms with E-state index in [0.29, 0.717) is 17.4 Å². The number of carboxylic acids is 1. The Hall–Kier alpha value is -2.08. The molecule has 2 rings (SSSR count). The molecule has 20 heavy (non-hydrogen) atoms. The first-order valence-electron chi connectivity index (χ1n) is 6.27. The predicted molar refractivity (Wildman–Crippen MR) is 81.1 cm³/mol. The molecule has 0 aliphatic heterocycles. The summed E-state index contributed by atoms with van der Waals surface area (Å²) in [6.45, 7) is 4.22. The monoisotopic (exact) mass is 291 g/mol. The van der Waals surface area contributed by atoms with Gasteiger partial charge in [0.25, 0.3) is 0 Å². The van der Waals surface area contributed by atoms with Gasteiger partial charge in [0.05, 0.1) is 17.3 Å². The van der Waals surface area contributed by atoms with Crippen LogP contribution in [0, 0.1) is 5.92 Å². The highest BCUT2D eigenvalue weighted by atomic mass is 32.1. The number of aromatic nitrogens is 1. The van der Waals surface area contributed by atoms with Gasteiger partial charge in [0.15, 0.2) is 0 Å². The number of anilines is 2. The summed E-state index contributed by atoms with van der Waals surface area (Å²) >= 11 is 1.67. The lowest BCUT2D eigenvalue weighted by Gasteiger charge is -2.22. The summed E-state index contributed by atoms with van der Waals surface area (Å²) in [6.07, 6.45) is 1.31. The SMILES string of the molecule is CC(C)C(Nc1ncc(C(=O)O)cc1N)c1cccs1. The van der Waals surface area contributed by atoms with Crippen LogP contribution in [-0.4, -0.2) is 16.1 Å². The molecule has 0 radical (unpaired) electrons. The van der Waals surface area contributed by atoms with Crippen LogP contribution in [0.5, 0.6) is 0 Å². The Balaban J connectivity index is 2.25. The second-order valence-corrected chi connectivity index (χ2v) is 5.83. The van der Waals surface area contributed by atoms with E-state index in [1.165, 1.54) is 17.1 Å². The fourth-order valence-corrected chi connectivity index (χ4v) is 2.85. The van der Waals surface area contributed by atoms with Gasteiger partial charge < -0.3 is 16.2 Å². The van der Waals surface area contributed by atoms with Crippen molar-refractivity contribution in [2.24, 2.45) is 5.92 Å².